The van der Waals surface area contributed by atoms with Gasteiger partial charge in [-0.2, -0.15) is 0 Å². The number of carbonyl (C=O) groups excluding carboxylic acids is 1. The molecule has 3 heterocycles. The largest absolute Gasteiger partial charge is 0.481 e. The molecule has 140 valence electrons. The molecular formula is C13H16N6O5S2. The van der Waals surface area contributed by atoms with Crippen molar-refractivity contribution in [3.63, 3.8) is 0 Å². The second kappa shape index (κ2) is 6.89. The van der Waals surface area contributed by atoms with Crippen LogP contribution in [-0.4, -0.2) is 82.6 Å². The maximum atomic E-state index is 11.9. The van der Waals surface area contributed by atoms with E-state index >= 15 is 0 Å². The first-order valence-corrected chi connectivity index (χ1v) is 9.51. The SMILES string of the molecule is C=CC(C(=O)O)n1nnnc1SCC1(C(=O)O)CS[C@@H]2C(N)C(=O)N2C1. The molecule has 4 N–H and O–H groups in total. The lowest BCUT2D eigenvalue weighted by molar-refractivity contribution is -0.155. The maximum absolute atomic E-state index is 11.9. The number of thioether (sulfide) groups is 2. The van der Waals surface area contributed by atoms with Gasteiger partial charge < -0.3 is 20.8 Å². The van der Waals surface area contributed by atoms with E-state index in [1.165, 1.54) is 22.7 Å². The van der Waals surface area contributed by atoms with E-state index in [-0.39, 0.29) is 34.5 Å². The molecule has 2 aliphatic rings. The van der Waals surface area contributed by atoms with E-state index in [9.17, 15) is 24.6 Å². The smallest absolute Gasteiger partial charge is 0.332 e. The summed E-state index contributed by atoms with van der Waals surface area (Å²) >= 11 is 2.36. The molecule has 4 atom stereocenters. The normalized spacial score (nSPS) is 28.8. The second-order valence-electron chi connectivity index (χ2n) is 5.99. The van der Waals surface area contributed by atoms with Gasteiger partial charge >= 0.3 is 11.9 Å². The number of tetrazole rings is 1. The lowest BCUT2D eigenvalue weighted by Crippen LogP contribution is -2.72. The number of aromatic nitrogens is 4. The van der Waals surface area contributed by atoms with Crippen LogP contribution >= 0.6 is 23.5 Å². The molecule has 26 heavy (non-hydrogen) atoms. The van der Waals surface area contributed by atoms with Crippen molar-refractivity contribution in [1.29, 1.82) is 0 Å². The van der Waals surface area contributed by atoms with Crippen LogP contribution < -0.4 is 5.73 Å². The van der Waals surface area contributed by atoms with E-state index in [1.807, 2.05) is 0 Å². The monoisotopic (exact) mass is 400 g/mol. The summed E-state index contributed by atoms with van der Waals surface area (Å²) < 4.78 is 1.07. The van der Waals surface area contributed by atoms with Gasteiger partial charge in [0.15, 0.2) is 6.04 Å². The molecule has 2 fully saturated rings. The minimum absolute atomic E-state index is 0.0465. The van der Waals surface area contributed by atoms with Crippen LogP contribution in [0.3, 0.4) is 0 Å². The van der Waals surface area contributed by atoms with Crippen molar-refractivity contribution >= 4 is 41.4 Å². The van der Waals surface area contributed by atoms with Crippen LogP contribution in [0.5, 0.6) is 0 Å². The Morgan fingerprint density at radius 3 is 2.88 bits per heavy atom. The molecule has 3 rings (SSSR count). The number of carboxylic acids is 2. The average molecular weight is 400 g/mol. The van der Waals surface area contributed by atoms with Gasteiger partial charge in [0.05, 0.1) is 0 Å². The molecule has 2 saturated heterocycles. The van der Waals surface area contributed by atoms with Gasteiger partial charge in [0.25, 0.3) is 0 Å². The lowest BCUT2D eigenvalue weighted by Gasteiger charge is -2.52. The molecule has 13 heteroatoms. The van der Waals surface area contributed by atoms with Gasteiger partial charge in [-0.25, -0.2) is 9.48 Å². The molecular weight excluding hydrogens is 384 g/mol. The Balaban J connectivity index is 1.76. The summed E-state index contributed by atoms with van der Waals surface area (Å²) in [5.41, 5.74) is 4.53. The van der Waals surface area contributed by atoms with Crippen LogP contribution in [0, 0.1) is 5.41 Å². The van der Waals surface area contributed by atoms with Gasteiger partial charge in [-0.05, 0) is 10.4 Å². The zero-order valence-corrected chi connectivity index (χ0v) is 15.0. The molecule has 0 aliphatic carbocycles. The fraction of sp³-hybridized carbons (Fsp3) is 0.538. The Labute approximate surface area is 156 Å². The summed E-state index contributed by atoms with van der Waals surface area (Å²) in [7, 11) is 0. The number of hydrogen-bond acceptors (Lipinski definition) is 9. The minimum atomic E-state index is -1.20. The summed E-state index contributed by atoms with van der Waals surface area (Å²) in [5.74, 6) is -2.13. The minimum Gasteiger partial charge on any atom is -0.481 e. The number of aliphatic carboxylic acids is 2. The van der Waals surface area contributed by atoms with E-state index in [2.05, 4.69) is 22.1 Å². The number of β-lactam (4-membered cyclic amide) rings is 1. The van der Waals surface area contributed by atoms with E-state index in [0.717, 1.165) is 16.4 Å². The van der Waals surface area contributed by atoms with Gasteiger partial charge in [0.1, 0.15) is 16.8 Å². The summed E-state index contributed by atoms with van der Waals surface area (Å²) in [5, 5.41) is 29.8. The Kier molecular flexibility index (Phi) is 4.94. The van der Waals surface area contributed by atoms with Crippen LogP contribution in [-0.2, 0) is 14.4 Å². The first-order valence-electron chi connectivity index (χ1n) is 7.48. The number of carbonyl (C=O) groups is 3. The van der Waals surface area contributed by atoms with Crippen LogP contribution in [0.25, 0.3) is 0 Å². The molecule has 0 aromatic carbocycles. The van der Waals surface area contributed by atoms with Crippen LogP contribution in [0.1, 0.15) is 6.04 Å². The highest BCUT2D eigenvalue weighted by Gasteiger charge is 2.55. The van der Waals surface area contributed by atoms with Crippen molar-refractivity contribution in [2.75, 3.05) is 18.1 Å². The fourth-order valence-electron chi connectivity index (χ4n) is 2.77. The Bertz CT molecular complexity index is 772. The van der Waals surface area contributed by atoms with Crippen molar-refractivity contribution in [3.8, 4) is 0 Å². The standard InChI is InChI=1S/C13H16N6O5S2/c1-2-6(10(21)22)19-12(15-16-17-19)26-5-13(11(23)24)3-18-8(20)7(14)9(18)25-4-13/h2,6-7,9H,1,3-5,14H2,(H,21,22)(H,23,24)/t6?,7?,9-,13?/m1/s1. The Morgan fingerprint density at radius 1 is 1.54 bits per heavy atom. The van der Waals surface area contributed by atoms with Crippen molar-refractivity contribution in [1.82, 2.24) is 25.1 Å². The van der Waals surface area contributed by atoms with Crippen molar-refractivity contribution in [3.05, 3.63) is 12.7 Å². The van der Waals surface area contributed by atoms with Crippen molar-refractivity contribution in [2.24, 2.45) is 11.1 Å². The molecule has 1 aromatic heterocycles. The third kappa shape index (κ3) is 2.95. The molecule has 0 spiro atoms. The topological polar surface area (TPSA) is 165 Å². The first-order chi connectivity index (χ1) is 12.3. The second-order valence-corrected chi connectivity index (χ2v) is 8.04. The lowest BCUT2D eigenvalue weighted by atomic mass is 9.89. The van der Waals surface area contributed by atoms with Crippen LogP contribution in [0.4, 0.5) is 0 Å². The fourth-order valence-corrected chi connectivity index (χ4v) is 5.49. The van der Waals surface area contributed by atoms with E-state index < -0.39 is 29.4 Å². The number of hydrogen-bond donors (Lipinski definition) is 3. The number of rotatable bonds is 7. The van der Waals surface area contributed by atoms with Gasteiger partial charge in [-0.15, -0.1) is 23.4 Å². The number of fused-ring (bicyclic) bond motifs is 1. The molecule has 0 saturated carbocycles. The Hall–Kier alpha value is -2.12. The number of nitrogens with zero attached hydrogens (tertiary/aromatic N) is 5. The molecule has 2 aliphatic heterocycles. The predicted molar refractivity (Wildman–Crippen MR) is 91.4 cm³/mol. The van der Waals surface area contributed by atoms with Crippen LogP contribution in [0.2, 0.25) is 0 Å². The first kappa shape index (κ1) is 18.7. The summed E-state index contributed by atoms with van der Waals surface area (Å²) in [4.78, 5) is 36.5. The molecule has 1 aromatic rings. The molecule has 1 amide bonds. The quantitative estimate of drug-likeness (QED) is 0.289. The highest BCUT2D eigenvalue weighted by atomic mass is 32.2. The molecule has 3 unspecified atom stereocenters. The number of amides is 1. The zero-order chi connectivity index (χ0) is 19.1. The average Bonchev–Trinajstić information content (AvgIpc) is 3.07. The van der Waals surface area contributed by atoms with Gasteiger partial charge in [0.2, 0.25) is 11.1 Å². The Morgan fingerprint density at radius 2 is 2.27 bits per heavy atom. The van der Waals surface area contributed by atoms with E-state index in [4.69, 9.17) is 5.73 Å². The summed E-state index contributed by atoms with van der Waals surface area (Å²) in [6.45, 7) is 3.50. The molecule has 11 nitrogen and oxygen atoms in total. The predicted octanol–water partition coefficient (Wildman–Crippen LogP) is -1.11. The highest BCUT2D eigenvalue weighted by Crippen LogP contribution is 2.43. The van der Waals surface area contributed by atoms with Crippen molar-refractivity contribution in [2.45, 2.75) is 22.6 Å². The van der Waals surface area contributed by atoms with E-state index in [0.29, 0.717) is 0 Å². The van der Waals surface area contributed by atoms with Gasteiger partial charge in [-0.3, -0.25) is 9.59 Å². The molecule has 0 bridgehead atoms. The summed E-state index contributed by atoms with van der Waals surface area (Å²) in [6, 6.07) is -1.75. The van der Waals surface area contributed by atoms with Gasteiger partial charge in [0, 0.05) is 18.1 Å². The third-order valence-electron chi connectivity index (χ3n) is 4.32. The van der Waals surface area contributed by atoms with Crippen LogP contribution in [0.15, 0.2) is 17.8 Å². The van der Waals surface area contributed by atoms with E-state index in [1.54, 1.807) is 0 Å². The number of nitrogens with two attached hydrogens (primary N) is 1. The summed E-state index contributed by atoms with van der Waals surface area (Å²) in [6.07, 6.45) is 1.18. The van der Waals surface area contributed by atoms with Gasteiger partial charge in [-0.1, -0.05) is 17.8 Å². The highest BCUT2D eigenvalue weighted by molar-refractivity contribution is 8.00. The number of carboxylic acid groups (broad SMARTS) is 2. The zero-order valence-electron chi connectivity index (χ0n) is 13.4. The third-order valence-corrected chi connectivity index (χ3v) is 7.15. The van der Waals surface area contributed by atoms with Crippen molar-refractivity contribution < 1.29 is 24.6 Å². The maximum Gasteiger partial charge on any atom is 0.332 e. The molecule has 0 radical (unpaired) electrons.